The minimum Gasteiger partial charge on any atom is -0.356 e. The molecule has 19 heavy (non-hydrogen) atoms. The first-order valence-electron chi connectivity index (χ1n) is 6.74. The van der Waals surface area contributed by atoms with Gasteiger partial charge < -0.3 is 15.2 Å². The van der Waals surface area contributed by atoms with E-state index in [1.54, 1.807) is 6.33 Å². The highest BCUT2D eigenvalue weighted by Crippen LogP contribution is 2.29. The Morgan fingerprint density at radius 1 is 1.37 bits per heavy atom. The molecule has 2 aromatic rings. The number of anilines is 1. The maximum Gasteiger partial charge on any atom is 0.263 e. The summed E-state index contributed by atoms with van der Waals surface area (Å²) in [6.45, 7) is 5.96. The van der Waals surface area contributed by atoms with Crippen molar-refractivity contribution in [3.8, 4) is 0 Å². The Labute approximate surface area is 112 Å². The lowest BCUT2D eigenvalue weighted by Crippen LogP contribution is -2.40. The van der Waals surface area contributed by atoms with E-state index in [2.05, 4.69) is 26.9 Å². The minimum absolute atomic E-state index is 0.268. The molecule has 1 saturated heterocycles. The van der Waals surface area contributed by atoms with Gasteiger partial charge in [0.25, 0.3) is 5.71 Å². The van der Waals surface area contributed by atoms with Gasteiger partial charge in [-0.25, -0.2) is 4.98 Å². The zero-order chi connectivity index (χ0) is 13.4. The van der Waals surface area contributed by atoms with E-state index in [0.717, 1.165) is 42.8 Å². The van der Waals surface area contributed by atoms with Crippen LogP contribution in [0.25, 0.3) is 11.1 Å². The van der Waals surface area contributed by atoms with Gasteiger partial charge in [-0.1, -0.05) is 5.16 Å². The van der Waals surface area contributed by atoms with E-state index in [9.17, 15) is 0 Å². The fourth-order valence-electron chi connectivity index (χ4n) is 2.78. The molecule has 1 atom stereocenters. The molecule has 1 aliphatic heterocycles. The lowest BCUT2D eigenvalue weighted by molar-refractivity contribution is 0.354. The van der Waals surface area contributed by atoms with E-state index in [1.807, 2.05) is 6.92 Å². The third-order valence-corrected chi connectivity index (χ3v) is 4.01. The van der Waals surface area contributed by atoms with Crippen molar-refractivity contribution in [3.63, 3.8) is 0 Å². The number of fused-ring (bicyclic) bond motifs is 1. The summed E-state index contributed by atoms with van der Waals surface area (Å²) < 4.78 is 5.19. The van der Waals surface area contributed by atoms with E-state index in [0.29, 0.717) is 11.6 Å². The standard InChI is InChI=1S/C13H19N5O/c1-8(14)10-3-5-18(6-4-10)12-11-9(2)17-19-13(11)16-7-15-12/h7-8,10H,3-6,14H2,1-2H3. The number of aromatic nitrogens is 3. The molecule has 1 aliphatic rings. The Balaban J connectivity index is 1.88. The maximum absolute atomic E-state index is 5.98. The van der Waals surface area contributed by atoms with Crippen LogP contribution in [0.15, 0.2) is 10.9 Å². The van der Waals surface area contributed by atoms with Gasteiger partial charge in [0.15, 0.2) is 0 Å². The molecule has 102 valence electrons. The summed E-state index contributed by atoms with van der Waals surface area (Å²) >= 11 is 0. The van der Waals surface area contributed by atoms with Gasteiger partial charge in [-0.15, -0.1) is 0 Å². The Bertz CT molecular complexity index is 571. The van der Waals surface area contributed by atoms with Gasteiger partial charge in [0.2, 0.25) is 0 Å². The first-order chi connectivity index (χ1) is 9.16. The molecule has 3 rings (SSSR count). The van der Waals surface area contributed by atoms with E-state index in [-0.39, 0.29) is 6.04 Å². The first-order valence-corrected chi connectivity index (χ1v) is 6.74. The van der Waals surface area contributed by atoms with E-state index in [4.69, 9.17) is 10.3 Å². The average Bonchev–Trinajstić information content (AvgIpc) is 2.81. The summed E-state index contributed by atoms with van der Waals surface area (Å²) in [4.78, 5) is 10.8. The second kappa shape index (κ2) is 4.77. The summed E-state index contributed by atoms with van der Waals surface area (Å²) in [5.41, 5.74) is 7.39. The van der Waals surface area contributed by atoms with Crippen LogP contribution in [0.5, 0.6) is 0 Å². The molecule has 6 nitrogen and oxygen atoms in total. The Morgan fingerprint density at radius 3 is 2.79 bits per heavy atom. The average molecular weight is 261 g/mol. The van der Waals surface area contributed by atoms with E-state index >= 15 is 0 Å². The Kier molecular flexibility index (Phi) is 3.10. The van der Waals surface area contributed by atoms with Gasteiger partial charge in [0.1, 0.15) is 17.5 Å². The first kappa shape index (κ1) is 12.3. The van der Waals surface area contributed by atoms with Crippen LogP contribution in [-0.4, -0.2) is 34.3 Å². The van der Waals surface area contributed by atoms with Crippen LogP contribution in [0.1, 0.15) is 25.5 Å². The van der Waals surface area contributed by atoms with E-state index in [1.165, 1.54) is 0 Å². The highest BCUT2D eigenvalue weighted by molar-refractivity contribution is 5.87. The fourth-order valence-corrected chi connectivity index (χ4v) is 2.78. The summed E-state index contributed by atoms with van der Waals surface area (Å²) in [6.07, 6.45) is 3.75. The van der Waals surface area contributed by atoms with Gasteiger partial charge in [-0.2, -0.15) is 4.98 Å². The number of hydrogen-bond donors (Lipinski definition) is 1. The highest BCUT2D eigenvalue weighted by Gasteiger charge is 2.25. The fraction of sp³-hybridized carbons (Fsp3) is 0.615. The molecular weight excluding hydrogens is 242 g/mol. The maximum atomic E-state index is 5.98. The van der Waals surface area contributed by atoms with Crippen molar-refractivity contribution >= 4 is 16.9 Å². The lowest BCUT2D eigenvalue weighted by atomic mass is 9.91. The smallest absolute Gasteiger partial charge is 0.263 e. The van der Waals surface area contributed by atoms with Crippen molar-refractivity contribution in [3.05, 3.63) is 12.0 Å². The molecule has 0 saturated carbocycles. The van der Waals surface area contributed by atoms with Gasteiger partial charge in [-0.3, -0.25) is 0 Å². The molecule has 2 aromatic heterocycles. The summed E-state index contributed by atoms with van der Waals surface area (Å²) in [6, 6.07) is 0.268. The SMILES string of the molecule is Cc1noc2ncnc(N3CCC(C(C)N)CC3)c12. The van der Waals surface area contributed by atoms with Crippen molar-refractivity contribution in [1.82, 2.24) is 15.1 Å². The molecule has 3 heterocycles. The van der Waals surface area contributed by atoms with Crippen LogP contribution >= 0.6 is 0 Å². The molecule has 0 aromatic carbocycles. The Morgan fingerprint density at radius 2 is 2.11 bits per heavy atom. The molecule has 0 spiro atoms. The summed E-state index contributed by atoms with van der Waals surface area (Å²) in [5, 5.41) is 4.90. The van der Waals surface area contributed by atoms with Crippen LogP contribution in [0.2, 0.25) is 0 Å². The normalized spacial score (nSPS) is 19.0. The number of aryl methyl sites for hydroxylation is 1. The molecule has 1 unspecified atom stereocenters. The molecule has 0 radical (unpaired) electrons. The second-order valence-electron chi connectivity index (χ2n) is 5.33. The highest BCUT2D eigenvalue weighted by atomic mass is 16.5. The van der Waals surface area contributed by atoms with Gasteiger partial charge in [0.05, 0.1) is 5.69 Å². The van der Waals surface area contributed by atoms with Crippen LogP contribution in [0.3, 0.4) is 0 Å². The minimum atomic E-state index is 0.268. The van der Waals surface area contributed by atoms with Crippen LogP contribution < -0.4 is 10.6 Å². The largest absolute Gasteiger partial charge is 0.356 e. The number of piperidine rings is 1. The van der Waals surface area contributed by atoms with E-state index < -0.39 is 0 Å². The molecule has 0 amide bonds. The number of rotatable bonds is 2. The van der Waals surface area contributed by atoms with Crippen molar-refractivity contribution in [2.75, 3.05) is 18.0 Å². The molecule has 1 fully saturated rings. The molecular formula is C13H19N5O. The third kappa shape index (κ3) is 2.16. The monoisotopic (exact) mass is 261 g/mol. The zero-order valence-electron chi connectivity index (χ0n) is 11.3. The van der Waals surface area contributed by atoms with Crippen molar-refractivity contribution in [2.24, 2.45) is 11.7 Å². The van der Waals surface area contributed by atoms with Gasteiger partial charge in [-0.05, 0) is 32.6 Å². The third-order valence-electron chi connectivity index (χ3n) is 4.01. The molecule has 6 heteroatoms. The van der Waals surface area contributed by atoms with Crippen LogP contribution in [0, 0.1) is 12.8 Å². The second-order valence-corrected chi connectivity index (χ2v) is 5.33. The van der Waals surface area contributed by atoms with Crippen molar-refractivity contribution in [2.45, 2.75) is 32.7 Å². The molecule has 0 aliphatic carbocycles. The molecule has 0 bridgehead atoms. The van der Waals surface area contributed by atoms with Crippen LogP contribution in [-0.2, 0) is 0 Å². The van der Waals surface area contributed by atoms with Gasteiger partial charge >= 0.3 is 0 Å². The quantitative estimate of drug-likeness (QED) is 0.882. The zero-order valence-corrected chi connectivity index (χ0v) is 11.3. The van der Waals surface area contributed by atoms with Crippen LogP contribution in [0.4, 0.5) is 5.82 Å². The Hall–Kier alpha value is -1.69. The number of nitrogens with zero attached hydrogens (tertiary/aromatic N) is 4. The number of nitrogens with two attached hydrogens (primary N) is 1. The number of hydrogen-bond acceptors (Lipinski definition) is 6. The molecule has 2 N–H and O–H groups in total. The van der Waals surface area contributed by atoms with Gasteiger partial charge in [0, 0.05) is 19.1 Å². The predicted molar refractivity (Wildman–Crippen MR) is 72.9 cm³/mol. The van der Waals surface area contributed by atoms with Crippen molar-refractivity contribution in [1.29, 1.82) is 0 Å². The van der Waals surface area contributed by atoms with Crippen molar-refractivity contribution < 1.29 is 4.52 Å². The summed E-state index contributed by atoms with van der Waals surface area (Å²) in [7, 11) is 0. The topological polar surface area (TPSA) is 81.1 Å². The predicted octanol–water partition coefficient (Wildman–Crippen LogP) is 1.49. The summed E-state index contributed by atoms with van der Waals surface area (Å²) in [5.74, 6) is 1.55. The lowest BCUT2D eigenvalue weighted by Gasteiger charge is -2.34.